The predicted molar refractivity (Wildman–Crippen MR) is 112 cm³/mol. The van der Waals surface area contributed by atoms with Gasteiger partial charge < -0.3 is 25.5 Å². The Morgan fingerprint density at radius 2 is 2.13 bits per heavy atom. The van der Waals surface area contributed by atoms with Crippen molar-refractivity contribution in [2.24, 2.45) is 5.73 Å². The number of H-pyrrole nitrogens is 1. The Morgan fingerprint density at radius 3 is 2.87 bits per heavy atom. The Hall–Kier alpha value is -3.18. The van der Waals surface area contributed by atoms with E-state index >= 15 is 0 Å². The summed E-state index contributed by atoms with van der Waals surface area (Å²) < 4.78 is 26.7. The van der Waals surface area contributed by atoms with Crippen LogP contribution < -0.4 is 20.5 Å². The molecule has 5 rings (SSSR count). The quantitative estimate of drug-likeness (QED) is 0.451. The number of aryl methyl sites for hydroxylation is 1. The molecule has 1 aliphatic rings. The van der Waals surface area contributed by atoms with E-state index in [1.165, 1.54) is 30.2 Å². The molecule has 4 heterocycles. The molecule has 0 spiro atoms. The molecule has 1 atom stereocenters. The Morgan fingerprint density at radius 1 is 1.33 bits per heavy atom. The van der Waals surface area contributed by atoms with Crippen molar-refractivity contribution in [1.82, 2.24) is 24.9 Å². The largest absolute Gasteiger partial charge is 0.471 e. The lowest BCUT2D eigenvalue weighted by Gasteiger charge is -2.20. The van der Waals surface area contributed by atoms with Gasteiger partial charge in [-0.1, -0.05) is 0 Å². The van der Waals surface area contributed by atoms with E-state index in [9.17, 15) is 4.39 Å². The van der Waals surface area contributed by atoms with E-state index in [0.29, 0.717) is 50.2 Å². The molecule has 0 amide bonds. The van der Waals surface area contributed by atoms with Gasteiger partial charge in [-0.2, -0.15) is 9.97 Å². The Kier molecular flexibility index (Phi) is 4.55. The molecular weight excluding hydrogens is 409 g/mol. The van der Waals surface area contributed by atoms with Gasteiger partial charge >= 0.3 is 6.01 Å². The molecule has 1 unspecified atom stereocenters. The van der Waals surface area contributed by atoms with Crippen LogP contribution in [-0.2, 0) is 0 Å². The summed E-state index contributed by atoms with van der Waals surface area (Å²) in [5.74, 6) is 1.47. The first-order valence-electron chi connectivity index (χ1n) is 9.27. The fourth-order valence-electron chi connectivity index (χ4n) is 3.35. The topological polar surface area (TPSA) is 124 Å². The van der Waals surface area contributed by atoms with Gasteiger partial charge in [0.15, 0.2) is 5.75 Å². The number of nitrogens with zero attached hydrogens (tertiary/aromatic N) is 4. The molecule has 0 bridgehead atoms. The van der Waals surface area contributed by atoms with Crippen molar-refractivity contribution in [2.75, 3.05) is 24.7 Å². The number of hydrogen-bond acceptors (Lipinski definition) is 9. The maximum absolute atomic E-state index is 14.9. The summed E-state index contributed by atoms with van der Waals surface area (Å²) in [5, 5.41) is 4.29. The van der Waals surface area contributed by atoms with Crippen LogP contribution >= 0.6 is 11.8 Å². The van der Waals surface area contributed by atoms with Crippen LogP contribution in [0.15, 0.2) is 23.4 Å². The van der Waals surface area contributed by atoms with E-state index in [1.54, 1.807) is 14.0 Å². The summed E-state index contributed by atoms with van der Waals surface area (Å²) in [6, 6.07) is 1.53. The van der Waals surface area contributed by atoms with Crippen molar-refractivity contribution < 1.29 is 13.9 Å². The van der Waals surface area contributed by atoms with Crippen LogP contribution in [0.1, 0.15) is 5.82 Å². The zero-order valence-corrected chi connectivity index (χ0v) is 17.0. The number of hydrogen-bond donors (Lipinski definition) is 3. The van der Waals surface area contributed by atoms with Gasteiger partial charge in [0.05, 0.1) is 33.9 Å². The monoisotopic (exact) mass is 427 g/mol. The maximum atomic E-state index is 14.9. The third kappa shape index (κ3) is 3.06. The number of anilines is 1. The van der Waals surface area contributed by atoms with Crippen LogP contribution in [0.2, 0.25) is 0 Å². The molecule has 1 aromatic carbocycles. The lowest BCUT2D eigenvalue weighted by atomic mass is 10.1. The van der Waals surface area contributed by atoms with Crippen molar-refractivity contribution in [2.45, 2.75) is 17.9 Å². The molecular formula is C19H18FN7O2S. The van der Waals surface area contributed by atoms with Crippen molar-refractivity contribution in [3.8, 4) is 17.6 Å². The maximum Gasteiger partial charge on any atom is 0.327 e. The molecule has 4 N–H and O–H groups in total. The van der Waals surface area contributed by atoms with Crippen molar-refractivity contribution in [1.29, 1.82) is 0 Å². The van der Waals surface area contributed by atoms with Gasteiger partial charge in [-0.15, -0.1) is 11.8 Å². The Labute approximate surface area is 174 Å². The first-order chi connectivity index (χ1) is 14.6. The normalized spacial score (nSPS) is 15.8. The number of nitrogens with two attached hydrogens (primary N) is 1. The Balaban J connectivity index is 1.75. The molecule has 0 saturated carbocycles. The first-order valence-corrected chi connectivity index (χ1v) is 10.3. The zero-order chi connectivity index (χ0) is 20.8. The number of aromatic amines is 1. The zero-order valence-electron chi connectivity index (χ0n) is 16.2. The van der Waals surface area contributed by atoms with E-state index in [4.69, 9.17) is 15.2 Å². The van der Waals surface area contributed by atoms with Gasteiger partial charge in [0.2, 0.25) is 5.88 Å². The number of ether oxygens (including phenoxy) is 2. The second-order valence-electron chi connectivity index (χ2n) is 6.75. The number of rotatable bonds is 4. The van der Waals surface area contributed by atoms with Gasteiger partial charge in [-0.25, -0.2) is 14.4 Å². The van der Waals surface area contributed by atoms with Gasteiger partial charge in [-0.05, 0) is 6.92 Å². The molecule has 11 heteroatoms. The summed E-state index contributed by atoms with van der Waals surface area (Å²) in [4.78, 5) is 20.9. The summed E-state index contributed by atoms with van der Waals surface area (Å²) in [7, 11) is 1.73. The first kappa shape index (κ1) is 18.8. The smallest absolute Gasteiger partial charge is 0.327 e. The molecule has 0 aliphatic carbocycles. The number of thioether (sulfide) groups is 1. The fraction of sp³-hybridized carbons (Fsp3) is 0.263. The summed E-state index contributed by atoms with van der Waals surface area (Å²) in [6.45, 7) is 2.04. The second-order valence-corrected chi connectivity index (χ2v) is 7.78. The number of benzene rings is 1. The number of aromatic nitrogens is 5. The van der Waals surface area contributed by atoms with E-state index in [2.05, 4.69) is 30.2 Å². The highest BCUT2D eigenvalue weighted by Gasteiger charge is 2.27. The van der Waals surface area contributed by atoms with Gasteiger partial charge in [0.25, 0.3) is 0 Å². The lowest BCUT2D eigenvalue weighted by Crippen LogP contribution is -2.30. The molecule has 0 saturated heterocycles. The van der Waals surface area contributed by atoms with Crippen LogP contribution in [-0.4, -0.2) is 50.4 Å². The fourth-order valence-corrected chi connectivity index (χ4v) is 4.45. The predicted octanol–water partition coefficient (Wildman–Crippen LogP) is 2.99. The second kappa shape index (κ2) is 7.26. The van der Waals surface area contributed by atoms with E-state index < -0.39 is 0 Å². The minimum absolute atomic E-state index is 0.0635. The van der Waals surface area contributed by atoms with Crippen molar-refractivity contribution >= 4 is 39.4 Å². The summed E-state index contributed by atoms with van der Waals surface area (Å²) in [5.41, 5.74) is 7.67. The van der Waals surface area contributed by atoms with E-state index in [1.807, 2.05) is 0 Å². The standard InChI is InChI=1S/C19H18FN7O2S/c1-8-23-5-10(6-24-8)29-19-26-17-14-13-15(25-17)12(22-2)3-11(20)16(13)30-7-9(4-21)28-18(14)27-19/h3,5-6,9,22H,4,7,21H2,1-2H3,(H,25,26,27). The summed E-state index contributed by atoms with van der Waals surface area (Å²) >= 11 is 1.37. The molecule has 0 radical (unpaired) electrons. The highest BCUT2D eigenvalue weighted by molar-refractivity contribution is 7.99. The number of halogens is 1. The molecule has 4 aromatic rings. The molecule has 154 valence electrons. The minimum Gasteiger partial charge on any atom is -0.471 e. The molecule has 30 heavy (non-hydrogen) atoms. The SMILES string of the molecule is CNc1cc(F)c2c3c1[nH]c1nc(Oc4cnc(C)nc4)nc(c13)OC(CN)CS2. The van der Waals surface area contributed by atoms with Crippen molar-refractivity contribution in [3.63, 3.8) is 0 Å². The van der Waals surface area contributed by atoms with Gasteiger partial charge in [0, 0.05) is 30.8 Å². The summed E-state index contributed by atoms with van der Waals surface area (Å²) in [6.07, 6.45) is 2.73. The highest BCUT2D eigenvalue weighted by atomic mass is 32.2. The van der Waals surface area contributed by atoms with E-state index in [0.717, 1.165) is 5.52 Å². The average Bonchev–Trinajstić information content (AvgIpc) is 3.11. The van der Waals surface area contributed by atoms with Gasteiger partial charge in [0.1, 0.15) is 23.4 Å². The van der Waals surface area contributed by atoms with Crippen LogP contribution in [0.4, 0.5) is 10.1 Å². The molecule has 1 aliphatic heterocycles. The van der Waals surface area contributed by atoms with Crippen LogP contribution in [0, 0.1) is 12.7 Å². The van der Waals surface area contributed by atoms with Crippen molar-refractivity contribution in [3.05, 3.63) is 30.1 Å². The van der Waals surface area contributed by atoms with Crippen LogP contribution in [0.3, 0.4) is 0 Å². The van der Waals surface area contributed by atoms with Gasteiger partial charge in [-0.3, -0.25) is 0 Å². The lowest BCUT2D eigenvalue weighted by molar-refractivity contribution is 0.225. The third-order valence-electron chi connectivity index (χ3n) is 4.77. The third-order valence-corrected chi connectivity index (χ3v) is 6.00. The molecule has 0 fully saturated rings. The molecule has 3 aromatic heterocycles. The molecule has 9 nitrogen and oxygen atoms in total. The Bertz CT molecular complexity index is 1260. The number of nitrogens with one attached hydrogen (secondary N) is 2. The highest BCUT2D eigenvalue weighted by Crippen LogP contribution is 2.44. The van der Waals surface area contributed by atoms with Crippen LogP contribution in [0.5, 0.6) is 17.6 Å². The minimum atomic E-state index is -0.342. The average molecular weight is 427 g/mol. The van der Waals surface area contributed by atoms with Crippen LogP contribution in [0.25, 0.3) is 21.9 Å². The van der Waals surface area contributed by atoms with E-state index in [-0.39, 0.29) is 24.5 Å².